The summed E-state index contributed by atoms with van der Waals surface area (Å²) in [6, 6.07) is 13.3. The van der Waals surface area contributed by atoms with Crippen LogP contribution in [0.4, 0.5) is 0 Å². The molecule has 1 amide bonds. The molecule has 1 heterocycles. The number of ether oxygens (including phenoxy) is 2. The summed E-state index contributed by atoms with van der Waals surface area (Å²) in [5.74, 6) is 3.75. The standard InChI is InChI=1S/C20H23NO3S2/c1-13(17-12-16(23-2)8-9-18(17)24-3)21-19(22)14-4-6-15(7-5-14)20-25-10-11-26-20/h4-9,12-13,20H,10-11H2,1-3H3,(H,21,22)/t13-/m0/s1. The molecule has 0 unspecified atom stereocenters. The molecule has 138 valence electrons. The molecule has 0 aliphatic carbocycles. The van der Waals surface area contributed by atoms with Crippen LogP contribution in [0.1, 0.15) is 39.0 Å². The van der Waals surface area contributed by atoms with E-state index < -0.39 is 0 Å². The summed E-state index contributed by atoms with van der Waals surface area (Å²) in [6.07, 6.45) is 0. The maximum Gasteiger partial charge on any atom is 0.251 e. The molecule has 2 aromatic rings. The van der Waals surface area contributed by atoms with Gasteiger partial charge in [-0.15, -0.1) is 23.5 Å². The van der Waals surface area contributed by atoms with E-state index in [4.69, 9.17) is 9.47 Å². The van der Waals surface area contributed by atoms with E-state index in [0.29, 0.717) is 10.1 Å². The van der Waals surface area contributed by atoms with Crippen molar-refractivity contribution in [3.63, 3.8) is 0 Å². The number of thioether (sulfide) groups is 2. The van der Waals surface area contributed by atoms with E-state index in [-0.39, 0.29) is 11.9 Å². The highest BCUT2D eigenvalue weighted by molar-refractivity contribution is 8.19. The molecule has 6 heteroatoms. The lowest BCUT2D eigenvalue weighted by Gasteiger charge is -2.18. The van der Waals surface area contributed by atoms with Crippen LogP contribution in [-0.2, 0) is 0 Å². The zero-order chi connectivity index (χ0) is 18.5. The molecule has 1 aliphatic rings. The van der Waals surface area contributed by atoms with Crippen molar-refractivity contribution < 1.29 is 14.3 Å². The van der Waals surface area contributed by atoms with Crippen molar-refractivity contribution in [2.45, 2.75) is 17.5 Å². The summed E-state index contributed by atoms with van der Waals surface area (Å²) in [7, 11) is 3.24. The summed E-state index contributed by atoms with van der Waals surface area (Å²) in [5, 5.41) is 3.04. The minimum absolute atomic E-state index is 0.0966. The average molecular weight is 390 g/mol. The van der Waals surface area contributed by atoms with Gasteiger partial charge in [0.15, 0.2) is 0 Å². The molecule has 0 bridgehead atoms. The van der Waals surface area contributed by atoms with Gasteiger partial charge in [0.2, 0.25) is 0 Å². The van der Waals surface area contributed by atoms with Crippen LogP contribution >= 0.6 is 23.5 Å². The van der Waals surface area contributed by atoms with Gasteiger partial charge in [-0.05, 0) is 42.8 Å². The smallest absolute Gasteiger partial charge is 0.251 e. The van der Waals surface area contributed by atoms with Crippen LogP contribution in [0, 0.1) is 0 Å². The first-order chi connectivity index (χ1) is 12.6. The number of rotatable bonds is 6. The highest BCUT2D eigenvalue weighted by Crippen LogP contribution is 2.45. The predicted molar refractivity (Wildman–Crippen MR) is 110 cm³/mol. The molecule has 4 nitrogen and oxygen atoms in total. The van der Waals surface area contributed by atoms with E-state index in [1.165, 1.54) is 17.1 Å². The number of benzene rings is 2. The largest absolute Gasteiger partial charge is 0.497 e. The number of methoxy groups -OCH3 is 2. The Labute approximate surface area is 163 Å². The van der Waals surface area contributed by atoms with E-state index in [2.05, 4.69) is 17.4 Å². The zero-order valence-corrected chi connectivity index (χ0v) is 16.8. The van der Waals surface area contributed by atoms with Gasteiger partial charge >= 0.3 is 0 Å². The normalized spacial score (nSPS) is 15.5. The van der Waals surface area contributed by atoms with Gasteiger partial charge in [-0.1, -0.05) is 12.1 Å². The highest BCUT2D eigenvalue weighted by atomic mass is 32.2. The summed E-state index contributed by atoms with van der Waals surface area (Å²) in [6.45, 7) is 1.94. The Morgan fingerprint density at radius 1 is 1.08 bits per heavy atom. The molecule has 1 aliphatic heterocycles. The third kappa shape index (κ3) is 4.30. The zero-order valence-electron chi connectivity index (χ0n) is 15.2. The fourth-order valence-corrected chi connectivity index (χ4v) is 5.74. The lowest BCUT2D eigenvalue weighted by atomic mass is 10.1. The third-order valence-corrected chi connectivity index (χ3v) is 7.42. The van der Waals surface area contributed by atoms with Gasteiger partial charge in [0.25, 0.3) is 5.91 Å². The Bertz CT molecular complexity index is 758. The van der Waals surface area contributed by atoms with Gasteiger partial charge in [0.05, 0.1) is 24.8 Å². The molecular weight excluding hydrogens is 366 g/mol. The lowest BCUT2D eigenvalue weighted by molar-refractivity contribution is 0.0939. The van der Waals surface area contributed by atoms with Crippen LogP contribution in [0.5, 0.6) is 11.5 Å². The van der Waals surface area contributed by atoms with Crippen LogP contribution in [0.2, 0.25) is 0 Å². The van der Waals surface area contributed by atoms with Crippen LogP contribution in [0.3, 0.4) is 0 Å². The van der Waals surface area contributed by atoms with Gasteiger partial charge in [0.1, 0.15) is 11.5 Å². The van der Waals surface area contributed by atoms with E-state index in [1.807, 2.05) is 60.8 Å². The monoisotopic (exact) mass is 389 g/mol. The summed E-state index contributed by atoms with van der Waals surface area (Å²) >= 11 is 3.92. The third-order valence-electron chi connectivity index (χ3n) is 4.32. The number of hydrogen-bond acceptors (Lipinski definition) is 5. The first-order valence-electron chi connectivity index (χ1n) is 8.48. The van der Waals surface area contributed by atoms with E-state index in [0.717, 1.165) is 17.1 Å². The Morgan fingerprint density at radius 3 is 2.38 bits per heavy atom. The Balaban J connectivity index is 1.71. The van der Waals surface area contributed by atoms with Crippen LogP contribution < -0.4 is 14.8 Å². The van der Waals surface area contributed by atoms with Gasteiger partial charge < -0.3 is 14.8 Å². The van der Waals surface area contributed by atoms with Gasteiger partial charge in [-0.3, -0.25) is 4.79 Å². The summed E-state index contributed by atoms with van der Waals surface area (Å²) in [5.41, 5.74) is 2.82. The number of carbonyl (C=O) groups is 1. The average Bonchev–Trinajstić information content (AvgIpc) is 3.22. The van der Waals surface area contributed by atoms with E-state index in [1.54, 1.807) is 14.2 Å². The predicted octanol–water partition coefficient (Wildman–Crippen LogP) is 4.67. The molecule has 1 saturated heterocycles. The molecule has 0 aromatic heterocycles. The second kappa shape index (κ2) is 8.73. The lowest BCUT2D eigenvalue weighted by Crippen LogP contribution is -2.27. The molecule has 2 aromatic carbocycles. The maximum absolute atomic E-state index is 12.6. The summed E-state index contributed by atoms with van der Waals surface area (Å²) in [4.78, 5) is 12.6. The molecular formula is C20H23NO3S2. The first kappa shape index (κ1) is 19.0. The van der Waals surface area contributed by atoms with Crippen LogP contribution in [-0.4, -0.2) is 31.6 Å². The van der Waals surface area contributed by atoms with Gasteiger partial charge in [-0.2, -0.15) is 0 Å². The number of carbonyl (C=O) groups excluding carboxylic acids is 1. The topological polar surface area (TPSA) is 47.6 Å². The second-order valence-electron chi connectivity index (χ2n) is 6.00. The molecule has 26 heavy (non-hydrogen) atoms. The van der Waals surface area contributed by atoms with Crippen molar-refractivity contribution >= 4 is 29.4 Å². The molecule has 0 saturated carbocycles. The SMILES string of the molecule is COc1ccc(OC)c([C@H](C)NC(=O)c2ccc(C3SCCS3)cc2)c1. The molecule has 0 spiro atoms. The first-order valence-corrected chi connectivity index (χ1v) is 10.6. The number of amides is 1. The fraction of sp³-hybridized carbons (Fsp3) is 0.350. The quantitative estimate of drug-likeness (QED) is 0.778. The Morgan fingerprint density at radius 2 is 1.77 bits per heavy atom. The fourth-order valence-electron chi connectivity index (χ4n) is 2.88. The number of hydrogen-bond donors (Lipinski definition) is 1. The van der Waals surface area contributed by atoms with Gasteiger partial charge in [-0.25, -0.2) is 0 Å². The molecule has 1 fully saturated rings. The van der Waals surface area contributed by atoms with Crippen LogP contribution in [0.15, 0.2) is 42.5 Å². The molecule has 1 atom stereocenters. The highest BCUT2D eigenvalue weighted by Gasteiger charge is 2.19. The Hall–Kier alpha value is -1.79. The molecule has 0 radical (unpaired) electrons. The van der Waals surface area contributed by atoms with Crippen molar-refractivity contribution in [3.8, 4) is 11.5 Å². The van der Waals surface area contributed by atoms with Crippen molar-refractivity contribution in [1.82, 2.24) is 5.32 Å². The number of nitrogens with one attached hydrogen (secondary N) is 1. The van der Waals surface area contributed by atoms with Gasteiger partial charge in [0, 0.05) is 22.6 Å². The van der Waals surface area contributed by atoms with Crippen molar-refractivity contribution in [1.29, 1.82) is 0 Å². The van der Waals surface area contributed by atoms with E-state index >= 15 is 0 Å². The van der Waals surface area contributed by atoms with Crippen molar-refractivity contribution in [2.24, 2.45) is 0 Å². The second-order valence-corrected chi connectivity index (χ2v) is 8.72. The molecule has 1 N–H and O–H groups in total. The minimum Gasteiger partial charge on any atom is -0.497 e. The summed E-state index contributed by atoms with van der Waals surface area (Å²) < 4.78 is 11.2. The Kier molecular flexibility index (Phi) is 6.38. The van der Waals surface area contributed by atoms with E-state index in [9.17, 15) is 4.79 Å². The van der Waals surface area contributed by atoms with Crippen molar-refractivity contribution in [2.75, 3.05) is 25.7 Å². The molecule has 3 rings (SSSR count). The minimum atomic E-state index is -0.201. The maximum atomic E-state index is 12.6. The van der Waals surface area contributed by atoms with Crippen LogP contribution in [0.25, 0.3) is 0 Å². The van der Waals surface area contributed by atoms with Crippen molar-refractivity contribution in [3.05, 3.63) is 59.2 Å².